The predicted molar refractivity (Wildman–Crippen MR) is 112 cm³/mol. The van der Waals surface area contributed by atoms with Gasteiger partial charge in [0.15, 0.2) is 6.10 Å². The number of ether oxygens (including phenoxy) is 2. The van der Waals surface area contributed by atoms with Crippen LogP contribution in [0.2, 0.25) is 0 Å². The van der Waals surface area contributed by atoms with Crippen molar-refractivity contribution >= 4 is 28.3 Å². The lowest BCUT2D eigenvalue weighted by Crippen LogP contribution is -2.31. The molecule has 0 spiro atoms. The molecular formula is C22H23N3O5. The summed E-state index contributed by atoms with van der Waals surface area (Å²) in [4.78, 5) is 36.9. The molecule has 0 unspecified atom stereocenters. The third-order valence-electron chi connectivity index (χ3n) is 4.46. The minimum Gasteiger partial charge on any atom is -0.494 e. The molecule has 0 saturated carbocycles. The molecule has 0 fully saturated rings. The van der Waals surface area contributed by atoms with Crippen LogP contribution >= 0.6 is 0 Å². The van der Waals surface area contributed by atoms with Crippen LogP contribution in [-0.4, -0.2) is 34.4 Å². The number of anilines is 1. The monoisotopic (exact) mass is 409 g/mol. The number of benzene rings is 2. The molecular weight excluding hydrogens is 386 g/mol. The number of amides is 1. The van der Waals surface area contributed by atoms with Crippen molar-refractivity contribution in [3.05, 3.63) is 64.6 Å². The Balaban J connectivity index is 1.64. The van der Waals surface area contributed by atoms with Crippen LogP contribution < -0.4 is 15.6 Å². The molecule has 2 aromatic carbocycles. The molecule has 1 atom stereocenters. The molecule has 0 aliphatic rings. The van der Waals surface area contributed by atoms with Gasteiger partial charge in [-0.25, -0.2) is 4.68 Å². The zero-order valence-electron chi connectivity index (χ0n) is 17.0. The van der Waals surface area contributed by atoms with Crippen LogP contribution in [0.15, 0.2) is 53.3 Å². The highest BCUT2D eigenvalue weighted by Gasteiger charge is 2.20. The van der Waals surface area contributed by atoms with E-state index in [0.29, 0.717) is 34.5 Å². The molecule has 1 amide bonds. The molecule has 0 radical (unpaired) electrons. The first-order valence-electron chi connectivity index (χ1n) is 9.57. The largest absolute Gasteiger partial charge is 0.494 e. The second-order valence-corrected chi connectivity index (χ2v) is 6.68. The van der Waals surface area contributed by atoms with Crippen molar-refractivity contribution in [2.24, 2.45) is 7.05 Å². The number of carbonyl (C=O) groups is 2. The van der Waals surface area contributed by atoms with E-state index >= 15 is 0 Å². The molecule has 8 nitrogen and oxygen atoms in total. The quantitative estimate of drug-likeness (QED) is 0.602. The smallest absolute Gasteiger partial charge is 0.312 e. The topological polar surface area (TPSA) is 99.5 Å². The van der Waals surface area contributed by atoms with Crippen LogP contribution in [0, 0.1) is 0 Å². The number of fused-ring (bicyclic) bond motifs is 1. The molecule has 0 aliphatic carbocycles. The van der Waals surface area contributed by atoms with Crippen molar-refractivity contribution in [2.75, 3.05) is 11.9 Å². The molecule has 1 heterocycles. The second kappa shape index (κ2) is 9.21. The maximum Gasteiger partial charge on any atom is 0.312 e. The maximum absolute atomic E-state index is 12.4. The summed E-state index contributed by atoms with van der Waals surface area (Å²) >= 11 is 0. The Bertz CT molecular complexity index is 1120. The third kappa shape index (κ3) is 4.83. The number of rotatable bonds is 7. The predicted octanol–water partition coefficient (Wildman–Crippen LogP) is 2.45. The number of carbonyl (C=O) groups excluding carboxylic acids is 2. The first-order valence-corrected chi connectivity index (χ1v) is 9.57. The first kappa shape index (κ1) is 21.0. The van der Waals surface area contributed by atoms with Crippen molar-refractivity contribution in [2.45, 2.75) is 26.4 Å². The summed E-state index contributed by atoms with van der Waals surface area (Å²) in [5, 5.41) is 7.93. The summed E-state index contributed by atoms with van der Waals surface area (Å²) in [6.07, 6.45) is -1.15. The van der Waals surface area contributed by atoms with E-state index in [1.165, 1.54) is 18.7 Å². The lowest BCUT2D eigenvalue weighted by Gasteiger charge is -2.14. The van der Waals surface area contributed by atoms with Gasteiger partial charge < -0.3 is 14.8 Å². The number of hydrogen-bond donors (Lipinski definition) is 1. The summed E-state index contributed by atoms with van der Waals surface area (Å²) in [5.74, 6) is -0.363. The van der Waals surface area contributed by atoms with Crippen LogP contribution in [0.5, 0.6) is 5.75 Å². The van der Waals surface area contributed by atoms with Gasteiger partial charge in [0.2, 0.25) is 0 Å². The molecule has 30 heavy (non-hydrogen) atoms. The number of aromatic nitrogens is 2. The van der Waals surface area contributed by atoms with Gasteiger partial charge in [0, 0.05) is 18.1 Å². The van der Waals surface area contributed by atoms with E-state index in [1.807, 2.05) is 6.92 Å². The zero-order valence-corrected chi connectivity index (χ0v) is 17.0. The Hall–Kier alpha value is -3.68. The Morgan fingerprint density at radius 3 is 2.43 bits per heavy atom. The highest BCUT2D eigenvalue weighted by Crippen LogP contribution is 2.17. The van der Waals surface area contributed by atoms with E-state index in [1.54, 1.807) is 48.5 Å². The van der Waals surface area contributed by atoms with Crippen LogP contribution in [0.4, 0.5) is 5.69 Å². The average Bonchev–Trinajstić information content (AvgIpc) is 2.73. The highest BCUT2D eigenvalue weighted by molar-refractivity contribution is 5.95. The van der Waals surface area contributed by atoms with E-state index < -0.39 is 18.0 Å². The van der Waals surface area contributed by atoms with Crippen molar-refractivity contribution in [1.82, 2.24) is 9.78 Å². The van der Waals surface area contributed by atoms with Gasteiger partial charge >= 0.3 is 5.97 Å². The molecule has 0 saturated heterocycles. The number of nitrogens with zero attached hydrogens (tertiary/aromatic N) is 2. The summed E-state index contributed by atoms with van der Waals surface area (Å²) in [6, 6.07) is 13.8. The highest BCUT2D eigenvalue weighted by atomic mass is 16.5. The van der Waals surface area contributed by atoms with Crippen LogP contribution in [-0.2, 0) is 27.8 Å². The van der Waals surface area contributed by atoms with E-state index in [-0.39, 0.29) is 12.0 Å². The van der Waals surface area contributed by atoms with Gasteiger partial charge in [-0.1, -0.05) is 18.2 Å². The summed E-state index contributed by atoms with van der Waals surface area (Å²) in [7, 11) is 1.52. The molecule has 0 bridgehead atoms. The van der Waals surface area contributed by atoms with Gasteiger partial charge in [-0.05, 0) is 44.2 Å². The zero-order chi connectivity index (χ0) is 21.7. The van der Waals surface area contributed by atoms with Gasteiger partial charge in [0.05, 0.1) is 24.1 Å². The van der Waals surface area contributed by atoms with Crippen molar-refractivity contribution in [3.8, 4) is 5.75 Å². The average molecular weight is 409 g/mol. The van der Waals surface area contributed by atoms with Crippen LogP contribution in [0.1, 0.15) is 19.5 Å². The van der Waals surface area contributed by atoms with Gasteiger partial charge in [-0.2, -0.15) is 5.10 Å². The van der Waals surface area contributed by atoms with Gasteiger partial charge in [-0.15, -0.1) is 0 Å². The third-order valence-corrected chi connectivity index (χ3v) is 4.46. The fourth-order valence-corrected chi connectivity index (χ4v) is 2.98. The van der Waals surface area contributed by atoms with E-state index in [0.717, 1.165) is 0 Å². The van der Waals surface area contributed by atoms with Crippen molar-refractivity contribution < 1.29 is 19.1 Å². The van der Waals surface area contributed by atoms with E-state index in [2.05, 4.69) is 10.4 Å². The second-order valence-electron chi connectivity index (χ2n) is 6.68. The standard InChI is InChI=1S/C22H23N3O5/c1-4-29-16-11-9-15(10-12-16)23-21(27)14(2)30-20(26)13-19-17-7-5-6-8-18(17)22(28)25(3)24-19/h5-12,14H,4,13H2,1-3H3,(H,23,27)/t14-/m0/s1. The first-order chi connectivity index (χ1) is 14.4. The maximum atomic E-state index is 12.4. The van der Waals surface area contributed by atoms with Crippen LogP contribution in [0.3, 0.4) is 0 Å². The molecule has 1 aromatic heterocycles. The SMILES string of the molecule is CCOc1ccc(NC(=O)[C@H](C)OC(=O)Cc2nn(C)c(=O)c3ccccc23)cc1. The normalized spacial score (nSPS) is 11.7. The molecule has 1 N–H and O–H groups in total. The lowest BCUT2D eigenvalue weighted by molar-refractivity contribution is -0.152. The Labute approximate surface area is 173 Å². The summed E-state index contributed by atoms with van der Waals surface area (Å²) < 4.78 is 11.8. The summed E-state index contributed by atoms with van der Waals surface area (Å²) in [6.45, 7) is 3.94. The molecule has 8 heteroatoms. The minimum absolute atomic E-state index is 0.157. The number of hydrogen-bond acceptors (Lipinski definition) is 6. The fourth-order valence-electron chi connectivity index (χ4n) is 2.98. The molecule has 3 rings (SSSR count). The Morgan fingerprint density at radius 2 is 1.77 bits per heavy atom. The van der Waals surface area contributed by atoms with Gasteiger partial charge in [0.25, 0.3) is 11.5 Å². The van der Waals surface area contributed by atoms with E-state index in [9.17, 15) is 14.4 Å². The van der Waals surface area contributed by atoms with Crippen molar-refractivity contribution in [1.29, 1.82) is 0 Å². The number of aryl methyl sites for hydroxylation is 1. The Kier molecular flexibility index (Phi) is 6.46. The van der Waals surface area contributed by atoms with Gasteiger partial charge in [-0.3, -0.25) is 14.4 Å². The molecule has 0 aliphatic heterocycles. The lowest BCUT2D eigenvalue weighted by atomic mass is 10.1. The number of nitrogens with one attached hydrogen (secondary N) is 1. The number of esters is 1. The summed E-state index contributed by atoms with van der Waals surface area (Å²) in [5.41, 5.74) is 0.736. The Morgan fingerprint density at radius 1 is 1.10 bits per heavy atom. The van der Waals surface area contributed by atoms with Crippen LogP contribution in [0.25, 0.3) is 10.8 Å². The fraction of sp³-hybridized carbons (Fsp3) is 0.273. The van der Waals surface area contributed by atoms with Crippen molar-refractivity contribution in [3.63, 3.8) is 0 Å². The van der Waals surface area contributed by atoms with Gasteiger partial charge in [0.1, 0.15) is 5.75 Å². The van der Waals surface area contributed by atoms with E-state index in [4.69, 9.17) is 9.47 Å². The molecule has 156 valence electrons. The minimum atomic E-state index is -0.997. The molecule has 3 aromatic rings.